The zero-order valence-electron chi connectivity index (χ0n) is 15.1. The van der Waals surface area contributed by atoms with E-state index in [1.54, 1.807) is 0 Å². The van der Waals surface area contributed by atoms with Gasteiger partial charge in [0.05, 0.1) is 0 Å². The Labute approximate surface area is 183 Å². The first kappa shape index (κ1) is 18.6. The predicted molar refractivity (Wildman–Crippen MR) is 112 cm³/mol. The number of nitrogens with one attached hydrogen (secondary N) is 2. The Morgan fingerprint density at radius 2 is 1.89 bits per heavy atom. The van der Waals surface area contributed by atoms with E-state index in [4.69, 9.17) is 14.2 Å². The Bertz CT molecular complexity index is 752. The first-order valence-electron chi connectivity index (χ1n) is 10.0. The summed E-state index contributed by atoms with van der Waals surface area (Å²) in [6.07, 6.45) is 4.84. The second-order valence-electron chi connectivity index (χ2n) is 8.66. The molecule has 3 saturated carbocycles. The minimum absolute atomic E-state index is 0.0357. The summed E-state index contributed by atoms with van der Waals surface area (Å²) in [6, 6.07) is 0. The van der Waals surface area contributed by atoms with Crippen LogP contribution in [0.5, 0.6) is 0 Å². The maximum absolute atomic E-state index is 13.0. The number of hydrogen-bond donors (Lipinski definition) is 2. The third-order valence-electron chi connectivity index (χ3n) is 7.15. The molecule has 3 aliphatic carbocycles. The van der Waals surface area contributed by atoms with Crippen molar-refractivity contribution < 1.29 is 28.6 Å². The summed E-state index contributed by atoms with van der Waals surface area (Å²) in [5.41, 5.74) is 0. The number of fused-ring (bicyclic) bond motifs is 2. The third-order valence-corrected chi connectivity index (χ3v) is 14.4. The van der Waals surface area contributed by atoms with Gasteiger partial charge in [0, 0.05) is 0 Å². The predicted octanol–water partition coefficient (Wildman–Crippen LogP) is 1.58. The second kappa shape index (κ2) is 6.39. The van der Waals surface area contributed by atoms with E-state index < -0.39 is 44.4 Å². The van der Waals surface area contributed by atoms with Crippen molar-refractivity contribution >= 4 is 60.9 Å². The topological polar surface area (TPSA) is 123 Å². The van der Waals surface area contributed by atoms with Crippen LogP contribution in [0.3, 0.4) is 0 Å². The molecule has 0 aromatic carbocycles. The van der Waals surface area contributed by atoms with Gasteiger partial charge in [-0.2, -0.15) is 0 Å². The van der Waals surface area contributed by atoms with Gasteiger partial charge in [0.25, 0.3) is 0 Å². The van der Waals surface area contributed by atoms with Crippen LogP contribution in [0.1, 0.15) is 38.5 Å². The van der Waals surface area contributed by atoms with Gasteiger partial charge in [-0.25, -0.2) is 0 Å². The van der Waals surface area contributed by atoms with Crippen molar-refractivity contribution in [1.82, 2.24) is 7.06 Å². The van der Waals surface area contributed by atoms with Crippen LogP contribution in [0, 0.1) is 23.7 Å². The van der Waals surface area contributed by atoms with Crippen molar-refractivity contribution in [2.75, 3.05) is 0 Å². The zero-order valence-corrected chi connectivity index (χ0v) is 19.4. The molecule has 7 unspecified atom stereocenters. The first-order valence-corrected chi connectivity index (χ1v) is 14.5. The number of ether oxygens (including phenoxy) is 3. The molecule has 0 aromatic rings. The number of halogens is 2. The fourth-order valence-corrected chi connectivity index (χ4v) is 13.1. The fraction of sp³-hybridized carbons (Fsp3) is 0.833. The van der Waals surface area contributed by atoms with Crippen molar-refractivity contribution in [3.63, 3.8) is 0 Å². The van der Waals surface area contributed by atoms with Gasteiger partial charge in [-0.15, -0.1) is 0 Å². The molecule has 0 amide bonds. The molecule has 3 aliphatic heterocycles. The molecule has 8 nitrogen and oxygen atoms in total. The standard InChI is InChI=1S/C18H22I2N2O6/c19-14(18-20(21-18)22-18)17(25)28-13-8-6-9-11(16(24)27-12(9)13)10(8)15(23)26-7-4-2-1-3-5-7/h7-14,21-22H,1-6H2. The molecule has 0 radical (unpaired) electrons. The maximum atomic E-state index is 13.0. The number of alkyl halides is 2. The second-order valence-corrected chi connectivity index (χ2v) is 14.3. The summed E-state index contributed by atoms with van der Waals surface area (Å²) < 4.78 is 23.5. The van der Waals surface area contributed by atoms with Gasteiger partial charge in [0.1, 0.15) is 0 Å². The first-order chi connectivity index (χ1) is 13.5. The van der Waals surface area contributed by atoms with E-state index in [1.165, 1.54) is 6.42 Å². The van der Waals surface area contributed by atoms with Gasteiger partial charge >= 0.3 is 178 Å². The van der Waals surface area contributed by atoms with E-state index in [0.717, 1.165) is 25.7 Å². The molecule has 28 heavy (non-hydrogen) atoms. The van der Waals surface area contributed by atoms with Crippen molar-refractivity contribution in [2.45, 2.75) is 64.4 Å². The van der Waals surface area contributed by atoms with Gasteiger partial charge in [0.2, 0.25) is 0 Å². The van der Waals surface area contributed by atoms with Crippen LogP contribution in [0.25, 0.3) is 0 Å². The summed E-state index contributed by atoms with van der Waals surface area (Å²) in [4.78, 5) is 38.1. The monoisotopic (exact) mass is 616 g/mol. The van der Waals surface area contributed by atoms with Crippen LogP contribution in [0.4, 0.5) is 0 Å². The van der Waals surface area contributed by atoms with Gasteiger partial charge in [-0.05, 0) is 0 Å². The van der Waals surface area contributed by atoms with Crippen LogP contribution in [0.15, 0.2) is 0 Å². The Morgan fingerprint density at radius 1 is 1.18 bits per heavy atom. The average Bonchev–Trinajstić information content (AvgIpc) is 3.43. The van der Waals surface area contributed by atoms with E-state index in [1.807, 2.05) is 0 Å². The Hall–Kier alpha value is -0.210. The molecule has 10 heteroatoms. The zero-order chi connectivity index (χ0) is 19.2. The van der Waals surface area contributed by atoms with Crippen LogP contribution in [0.2, 0.25) is 0 Å². The Kier molecular flexibility index (Phi) is 4.24. The Balaban J connectivity index is 1.18. The van der Waals surface area contributed by atoms with Crippen LogP contribution < -0.4 is 7.06 Å². The molecule has 3 saturated heterocycles. The SMILES string of the molecule is O=C1OC2C3CC(C2OC(=O)C(I)C24NI2N4)C(C(=O)OC2CCCCC2)C13. The minimum atomic E-state index is -1.24. The van der Waals surface area contributed by atoms with E-state index in [2.05, 4.69) is 29.7 Å². The van der Waals surface area contributed by atoms with Gasteiger partial charge in [-0.1, -0.05) is 6.42 Å². The van der Waals surface area contributed by atoms with E-state index in [0.29, 0.717) is 6.42 Å². The van der Waals surface area contributed by atoms with Crippen molar-refractivity contribution in [3.8, 4) is 0 Å². The quantitative estimate of drug-likeness (QED) is 0.0909. The van der Waals surface area contributed by atoms with Crippen molar-refractivity contribution in [3.05, 3.63) is 0 Å². The summed E-state index contributed by atoms with van der Waals surface area (Å²) in [5.74, 6) is -2.09. The summed E-state index contributed by atoms with van der Waals surface area (Å²) in [6.45, 7) is 0. The van der Waals surface area contributed by atoms with E-state index >= 15 is 0 Å². The molecule has 6 rings (SSSR count). The molecule has 2 bridgehead atoms. The third kappa shape index (κ3) is 2.62. The average molecular weight is 616 g/mol. The molecule has 6 aliphatic rings. The number of rotatable bonds is 5. The molecular formula is C18H22I2N2O6. The normalized spacial score (nSPS) is 43.9. The van der Waals surface area contributed by atoms with Gasteiger partial charge in [0.15, 0.2) is 0 Å². The van der Waals surface area contributed by atoms with Gasteiger partial charge < -0.3 is 0 Å². The van der Waals surface area contributed by atoms with Crippen molar-refractivity contribution in [2.24, 2.45) is 23.7 Å². The molecule has 3 heterocycles. The molecule has 0 spiro atoms. The van der Waals surface area contributed by atoms with Crippen molar-refractivity contribution in [1.29, 1.82) is 0 Å². The molecular weight excluding hydrogens is 594 g/mol. The summed E-state index contributed by atoms with van der Waals surface area (Å²) >= 11 is 0.884. The van der Waals surface area contributed by atoms with E-state index in [9.17, 15) is 14.4 Å². The number of hydrogen-bond acceptors (Lipinski definition) is 8. The number of esters is 3. The van der Waals surface area contributed by atoms with Crippen LogP contribution in [-0.4, -0.2) is 43.8 Å². The summed E-state index contributed by atoms with van der Waals surface area (Å²) in [7, 11) is 0. The fourth-order valence-electron chi connectivity index (χ4n) is 5.68. The summed E-state index contributed by atoms with van der Waals surface area (Å²) in [5, 5.41) is 0. The Morgan fingerprint density at radius 3 is 2.57 bits per heavy atom. The molecule has 7 atom stereocenters. The molecule has 0 aromatic heterocycles. The van der Waals surface area contributed by atoms with E-state index in [-0.39, 0.29) is 43.4 Å². The molecule has 2 N–H and O–H groups in total. The van der Waals surface area contributed by atoms with Crippen LogP contribution in [-0.2, 0) is 28.6 Å². The van der Waals surface area contributed by atoms with Gasteiger partial charge in [-0.3, -0.25) is 0 Å². The molecule has 154 valence electrons. The number of carbonyl (C=O) groups excluding carboxylic acids is 3. The molecule has 6 fully saturated rings. The number of carbonyl (C=O) groups is 3. The van der Waals surface area contributed by atoms with Crippen LogP contribution >= 0.6 is 43.0 Å².